The highest BCUT2D eigenvalue weighted by Gasteiger charge is 2.26. The maximum absolute atomic E-state index is 11.1. The zero-order chi connectivity index (χ0) is 25.7. The number of aliphatic carboxylic acids is 1. The van der Waals surface area contributed by atoms with Crippen LogP contribution in [-0.4, -0.2) is 43.8 Å². The number of rotatable bonds is 11. The minimum atomic E-state index is -0.798. The van der Waals surface area contributed by atoms with E-state index < -0.39 is 5.97 Å². The van der Waals surface area contributed by atoms with Gasteiger partial charge in [0.25, 0.3) is 0 Å². The van der Waals surface area contributed by atoms with Crippen LogP contribution >= 0.6 is 7.92 Å². The lowest BCUT2D eigenvalue weighted by molar-refractivity contribution is -0.137. The van der Waals surface area contributed by atoms with Crippen LogP contribution in [0.5, 0.6) is 11.5 Å². The van der Waals surface area contributed by atoms with Gasteiger partial charge < -0.3 is 19.9 Å². The summed E-state index contributed by atoms with van der Waals surface area (Å²) in [5.41, 5.74) is 8.02. The second kappa shape index (κ2) is 11.8. The van der Waals surface area contributed by atoms with Gasteiger partial charge >= 0.3 is 5.97 Å². The predicted molar refractivity (Wildman–Crippen MR) is 149 cm³/mol. The number of anilines is 1. The fourth-order valence-corrected chi connectivity index (χ4v) is 5.60. The molecular formula is C30H36NO4P. The predicted octanol–water partition coefficient (Wildman–Crippen LogP) is 7.04. The third-order valence-corrected chi connectivity index (χ3v) is 7.76. The quantitative estimate of drug-likeness (QED) is 0.216. The van der Waals surface area contributed by atoms with Crippen molar-refractivity contribution in [3.63, 3.8) is 0 Å². The molecule has 1 aliphatic heterocycles. The van der Waals surface area contributed by atoms with Gasteiger partial charge in [-0.05, 0) is 91.8 Å². The molecule has 1 unspecified atom stereocenters. The van der Waals surface area contributed by atoms with E-state index in [2.05, 4.69) is 68.9 Å². The second-order valence-electron chi connectivity index (χ2n) is 9.85. The fraction of sp³-hybridized carbons (Fsp3) is 0.367. The summed E-state index contributed by atoms with van der Waals surface area (Å²) in [5.74, 6) is 0.854. The highest BCUT2D eigenvalue weighted by atomic mass is 31.1. The fourth-order valence-electron chi connectivity index (χ4n) is 4.84. The standard InChI is InChI=1S/C30H36NO4P/c1-20-13-26(34-11-6-12-36(3)4)14-21(2)30(20)23-8-5-7-22(15-23)18-31-25-9-10-27-24(16-29(32)33)19-35-28(27)17-25/h5,7-10,13-15,17,24,31H,6,11-12,16,18-19H2,1-4H3,(H,32,33). The molecule has 0 bridgehead atoms. The number of fused-ring (bicyclic) bond motifs is 1. The van der Waals surface area contributed by atoms with Crippen LogP contribution in [0.4, 0.5) is 5.69 Å². The van der Waals surface area contributed by atoms with Gasteiger partial charge in [-0.3, -0.25) is 4.79 Å². The minimum Gasteiger partial charge on any atom is -0.494 e. The largest absolute Gasteiger partial charge is 0.494 e. The average molecular weight is 506 g/mol. The molecule has 0 amide bonds. The van der Waals surface area contributed by atoms with Crippen LogP contribution in [0.3, 0.4) is 0 Å². The molecule has 0 fully saturated rings. The van der Waals surface area contributed by atoms with Crippen molar-refractivity contribution in [2.45, 2.75) is 39.2 Å². The van der Waals surface area contributed by atoms with Crippen molar-refractivity contribution in [3.8, 4) is 22.6 Å². The van der Waals surface area contributed by atoms with Gasteiger partial charge in [-0.2, -0.15) is 0 Å². The Kier molecular flexibility index (Phi) is 8.53. The highest BCUT2D eigenvalue weighted by molar-refractivity contribution is 7.55. The summed E-state index contributed by atoms with van der Waals surface area (Å²) in [5, 5.41) is 12.6. The Hall–Kier alpha value is -3.04. The van der Waals surface area contributed by atoms with Crippen LogP contribution in [0, 0.1) is 13.8 Å². The van der Waals surface area contributed by atoms with Gasteiger partial charge in [0.2, 0.25) is 0 Å². The molecule has 0 spiro atoms. The summed E-state index contributed by atoms with van der Waals surface area (Å²) in [4.78, 5) is 11.1. The van der Waals surface area contributed by atoms with E-state index in [1.165, 1.54) is 34.0 Å². The Balaban J connectivity index is 1.42. The van der Waals surface area contributed by atoms with Crippen LogP contribution in [0.15, 0.2) is 54.6 Å². The van der Waals surface area contributed by atoms with Crippen LogP contribution in [-0.2, 0) is 11.3 Å². The number of aryl methyl sites for hydroxylation is 2. The Morgan fingerprint density at radius 3 is 2.61 bits per heavy atom. The summed E-state index contributed by atoms with van der Waals surface area (Å²) < 4.78 is 11.8. The maximum Gasteiger partial charge on any atom is 0.304 e. The number of carbonyl (C=O) groups is 1. The number of ether oxygens (including phenoxy) is 2. The lowest BCUT2D eigenvalue weighted by atomic mass is 9.94. The number of carboxylic acid groups (broad SMARTS) is 1. The molecule has 0 aliphatic carbocycles. The number of hydrogen-bond acceptors (Lipinski definition) is 4. The van der Waals surface area contributed by atoms with Gasteiger partial charge in [0, 0.05) is 29.8 Å². The molecule has 0 saturated carbocycles. The van der Waals surface area contributed by atoms with Crippen LogP contribution < -0.4 is 14.8 Å². The van der Waals surface area contributed by atoms with Crippen molar-refractivity contribution in [2.24, 2.45) is 0 Å². The van der Waals surface area contributed by atoms with E-state index in [1.54, 1.807) is 0 Å². The second-order valence-corrected chi connectivity index (χ2v) is 12.5. The molecule has 2 N–H and O–H groups in total. The first-order valence-electron chi connectivity index (χ1n) is 12.5. The van der Waals surface area contributed by atoms with Gasteiger partial charge in [0.1, 0.15) is 11.5 Å². The Bertz CT molecular complexity index is 1200. The van der Waals surface area contributed by atoms with Gasteiger partial charge in [0.15, 0.2) is 0 Å². The van der Waals surface area contributed by atoms with Crippen LogP contribution in [0.25, 0.3) is 11.1 Å². The summed E-state index contributed by atoms with van der Waals surface area (Å²) in [6, 6.07) is 18.9. The molecule has 1 aliphatic rings. The lowest BCUT2D eigenvalue weighted by Crippen LogP contribution is -2.07. The number of benzene rings is 3. The molecule has 1 heterocycles. The zero-order valence-corrected chi connectivity index (χ0v) is 22.5. The molecule has 36 heavy (non-hydrogen) atoms. The van der Waals surface area contributed by atoms with Crippen LogP contribution in [0.1, 0.15) is 41.0 Å². The van der Waals surface area contributed by atoms with E-state index in [0.717, 1.165) is 35.8 Å². The monoisotopic (exact) mass is 505 g/mol. The molecule has 6 heteroatoms. The number of hydrogen-bond donors (Lipinski definition) is 2. The van der Waals surface area contributed by atoms with Gasteiger partial charge in [-0.15, -0.1) is 7.92 Å². The van der Waals surface area contributed by atoms with E-state index in [0.29, 0.717) is 13.2 Å². The first-order valence-corrected chi connectivity index (χ1v) is 14.9. The first-order chi connectivity index (χ1) is 17.3. The molecular weight excluding hydrogens is 469 g/mol. The van der Waals surface area contributed by atoms with Crippen molar-refractivity contribution in [3.05, 3.63) is 76.9 Å². The van der Waals surface area contributed by atoms with Crippen molar-refractivity contribution in [1.82, 2.24) is 0 Å². The Labute approximate surface area is 215 Å². The van der Waals surface area contributed by atoms with E-state index in [4.69, 9.17) is 14.6 Å². The average Bonchev–Trinajstić information content (AvgIpc) is 3.21. The van der Waals surface area contributed by atoms with Crippen molar-refractivity contribution < 1.29 is 19.4 Å². The van der Waals surface area contributed by atoms with Gasteiger partial charge in [-0.25, -0.2) is 0 Å². The Morgan fingerprint density at radius 1 is 1.11 bits per heavy atom. The summed E-state index contributed by atoms with van der Waals surface area (Å²) in [6.45, 7) is 10.8. The van der Waals surface area contributed by atoms with E-state index >= 15 is 0 Å². The molecule has 0 aromatic heterocycles. The van der Waals surface area contributed by atoms with Crippen molar-refractivity contribution in [2.75, 3.05) is 38.0 Å². The summed E-state index contributed by atoms with van der Waals surface area (Å²) >= 11 is 0. The smallest absolute Gasteiger partial charge is 0.304 e. The third kappa shape index (κ3) is 6.59. The summed E-state index contributed by atoms with van der Waals surface area (Å²) in [6.07, 6.45) is 2.44. The third-order valence-electron chi connectivity index (χ3n) is 6.55. The van der Waals surface area contributed by atoms with E-state index in [1.807, 2.05) is 18.2 Å². The lowest BCUT2D eigenvalue weighted by Gasteiger charge is -2.15. The summed E-state index contributed by atoms with van der Waals surface area (Å²) in [7, 11) is 0.132. The molecule has 0 radical (unpaired) electrons. The van der Waals surface area contributed by atoms with Gasteiger partial charge in [-0.1, -0.05) is 24.3 Å². The van der Waals surface area contributed by atoms with Gasteiger partial charge in [0.05, 0.1) is 19.6 Å². The number of nitrogens with one attached hydrogen (secondary N) is 1. The van der Waals surface area contributed by atoms with E-state index in [-0.39, 0.29) is 20.3 Å². The molecule has 1 atom stereocenters. The topological polar surface area (TPSA) is 67.8 Å². The number of carboxylic acids is 1. The molecule has 3 aromatic carbocycles. The van der Waals surface area contributed by atoms with Crippen molar-refractivity contribution >= 4 is 19.6 Å². The minimum absolute atomic E-state index is 0.0766. The Morgan fingerprint density at radius 2 is 1.89 bits per heavy atom. The van der Waals surface area contributed by atoms with Crippen LogP contribution in [0.2, 0.25) is 0 Å². The van der Waals surface area contributed by atoms with Crippen molar-refractivity contribution in [1.29, 1.82) is 0 Å². The SMILES string of the molecule is Cc1cc(OCCCP(C)C)cc(C)c1-c1cccc(CNc2ccc3c(c2)OCC3CC(=O)O)c1. The maximum atomic E-state index is 11.1. The van der Waals surface area contributed by atoms with E-state index in [9.17, 15) is 4.79 Å². The zero-order valence-electron chi connectivity index (χ0n) is 21.6. The molecule has 4 rings (SSSR count). The molecule has 3 aromatic rings. The molecule has 5 nitrogen and oxygen atoms in total. The molecule has 0 saturated heterocycles. The highest BCUT2D eigenvalue weighted by Crippen LogP contribution is 2.38. The normalized spacial score (nSPS) is 14.4. The molecule has 190 valence electrons. The first kappa shape index (κ1) is 26.0.